The molecule has 9 nitrogen and oxygen atoms in total. The van der Waals surface area contributed by atoms with Crippen LogP contribution in [0.2, 0.25) is 0 Å². The predicted molar refractivity (Wildman–Crippen MR) is 144 cm³/mol. The number of ether oxygens (including phenoxy) is 3. The molecular formula is C31H38O9. The molecule has 0 amide bonds. The van der Waals surface area contributed by atoms with E-state index >= 15 is 0 Å². The van der Waals surface area contributed by atoms with Crippen LogP contribution < -0.4 is 0 Å². The maximum Gasteiger partial charge on any atom is 0.338 e. The van der Waals surface area contributed by atoms with E-state index in [4.69, 9.17) is 14.2 Å². The highest BCUT2D eigenvalue weighted by atomic mass is 16.6. The number of carbonyl (C=O) groups is 4. The molecule has 1 aromatic rings. The minimum Gasteiger partial charge on any atom is -0.461 e. The third-order valence-corrected chi connectivity index (χ3v) is 9.16. The van der Waals surface area contributed by atoms with Crippen LogP contribution in [0.25, 0.3) is 0 Å². The molecule has 2 fully saturated rings. The van der Waals surface area contributed by atoms with E-state index in [0.29, 0.717) is 5.57 Å². The molecule has 4 rings (SSSR count). The van der Waals surface area contributed by atoms with Gasteiger partial charge in [-0.05, 0) is 62.5 Å². The summed E-state index contributed by atoms with van der Waals surface area (Å²) in [5, 5.41) is 22.9. The number of esters is 3. The SMILES string of the molecule is C=C1C(O)CCC2(C)C(OC(C)=O)C(OC(=O)c3ccccc3)C3=C(C)C(=O)CC3(C(C)(C)O)C(OC(C)=O)C12. The number of Topliss-reactive ketones (excluding diaryl/α,β-unsaturated/α-hetero) is 1. The molecule has 3 aliphatic rings. The lowest BCUT2D eigenvalue weighted by molar-refractivity contribution is -0.187. The van der Waals surface area contributed by atoms with Crippen LogP contribution in [-0.2, 0) is 28.6 Å². The highest BCUT2D eigenvalue weighted by Gasteiger charge is 2.71. The number of fused-ring (bicyclic) bond motifs is 2. The molecule has 9 heteroatoms. The molecule has 1 aromatic carbocycles. The summed E-state index contributed by atoms with van der Waals surface area (Å²) in [6.45, 7) is 13.0. The van der Waals surface area contributed by atoms with Crippen molar-refractivity contribution in [1.29, 1.82) is 0 Å². The lowest BCUT2D eigenvalue weighted by Gasteiger charge is -2.53. The molecular weight excluding hydrogens is 516 g/mol. The van der Waals surface area contributed by atoms with Crippen LogP contribution in [-0.4, -0.2) is 63.9 Å². The lowest BCUT2D eigenvalue weighted by atomic mass is 9.55. The van der Waals surface area contributed by atoms with Gasteiger partial charge in [-0.2, -0.15) is 0 Å². The third-order valence-electron chi connectivity index (χ3n) is 9.16. The Morgan fingerprint density at radius 2 is 1.60 bits per heavy atom. The largest absolute Gasteiger partial charge is 0.461 e. The zero-order chi connectivity index (χ0) is 29.8. The van der Waals surface area contributed by atoms with E-state index < -0.39 is 64.7 Å². The maximum absolute atomic E-state index is 13.6. The topological polar surface area (TPSA) is 136 Å². The van der Waals surface area contributed by atoms with Gasteiger partial charge in [-0.1, -0.05) is 31.7 Å². The molecule has 0 spiro atoms. The Kier molecular flexibility index (Phi) is 7.62. The van der Waals surface area contributed by atoms with Crippen molar-refractivity contribution in [3.63, 3.8) is 0 Å². The van der Waals surface area contributed by atoms with Crippen molar-refractivity contribution in [1.82, 2.24) is 0 Å². The third kappa shape index (κ3) is 4.59. The van der Waals surface area contributed by atoms with Crippen molar-refractivity contribution in [2.75, 3.05) is 0 Å². The zero-order valence-electron chi connectivity index (χ0n) is 23.9. The Labute approximate surface area is 234 Å². The lowest BCUT2D eigenvalue weighted by Crippen LogP contribution is -2.59. The van der Waals surface area contributed by atoms with Crippen molar-refractivity contribution in [3.05, 3.63) is 59.2 Å². The predicted octanol–water partition coefficient (Wildman–Crippen LogP) is 3.47. The average molecular weight is 555 g/mol. The molecule has 3 aliphatic carbocycles. The van der Waals surface area contributed by atoms with Gasteiger partial charge in [0.2, 0.25) is 0 Å². The number of ketones is 1. The van der Waals surface area contributed by atoms with Crippen LogP contribution in [0.4, 0.5) is 0 Å². The summed E-state index contributed by atoms with van der Waals surface area (Å²) < 4.78 is 18.2. The van der Waals surface area contributed by atoms with Crippen molar-refractivity contribution in [2.45, 2.75) is 90.8 Å². The van der Waals surface area contributed by atoms with Crippen LogP contribution in [0.5, 0.6) is 0 Å². The molecule has 216 valence electrons. The number of benzene rings is 1. The van der Waals surface area contributed by atoms with Crippen molar-refractivity contribution in [2.24, 2.45) is 16.7 Å². The molecule has 0 bridgehead atoms. The van der Waals surface area contributed by atoms with Crippen LogP contribution >= 0.6 is 0 Å². The van der Waals surface area contributed by atoms with Gasteiger partial charge >= 0.3 is 17.9 Å². The van der Waals surface area contributed by atoms with E-state index in [1.165, 1.54) is 27.7 Å². The van der Waals surface area contributed by atoms with Gasteiger partial charge in [-0.3, -0.25) is 14.4 Å². The monoisotopic (exact) mass is 554 g/mol. The minimum atomic E-state index is -1.71. The summed E-state index contributed by atoms with van der Waals surface area (Å²) in [6, 6.07) is 8.27. The number of rotatable bonds is 5. The summed E-state index contributed by atoms with van der Waals surface area (Å²) in [5.74, 6) is -3.23. The van der Waals surface area contributed by atoms with E-state index in [1.807, 2.05) is 6.92 Å². The second-order valence-corrected chi connectivity index (χ2v) is 12.0. The molecule has 0 radical (unpaired) electrons. The second-order valence-electron chi connectivity index (χ2n) is 12.0. The summed E-state index contributed by atoms with van der Waals surface area (Å²) in [7, 11) is 0. The van der Waals surface area contributed by atoms with Crippen molar-refractivity contribution >= 4 is 23.7 Å². The van der Waals surface area contributed by atoms with Crippen LogP contribution in [0.1, 0.15) is 71.2 Å². The highest BCUT2D eigenvalue weighted by Crippen LogP contribution is 2.65. The van der Waals surface area contributed by atoms with Crippen LogP contribution in [0, 0.1) is 16.7 Å². The molecule has 40 heavy (non-hydrogen) atoms. The Hall–Kier alpha value is -3.30. The van der Waals surface area contributed by atoms with E-state index in [9.17, 15) is 29.4 Å². The summed E-state index contributed by atoms with van der Waals surface area (Å²) >= 11 is 0. The number of aliphatic hydroxyl groups is 2. The fourth-order valence-corrected chi connectivity index (χ4v) is 7.24. The molecule has 0 aliphatic heterocycles. The maximum atomic E-state index is 13.6. The van der Waals surface area contributed by atoms with E-state index in [-0.39, 0.29) is 41.8 Å². The van der Waals surface area contributed by atoms with Gasteiger partial charge in [-0.25, -0.2) is 4.79 Å². The van der Waals surface area contributed by atoms with Gasteiger partial charge < -0.3 is 24.4 Å². The van der Waals surface area contributed by atoms with Gasteiger partial charge in [0.05, 0.1) is 22.7 Å². The smallest absolute Gasteiger partial charge is 0.338 e. The quantitative estimate of drug-likeness (QED) is 0.318. The van der Waals surface area contributed by atoms with Gasteiger partial charge in [0.25, 0.3) is 0 Å². The molecule has 7 atom stereocenters. The Morgan fingerprint density at radius 1 is 1.02 bits per heavy atom. The first kappa shape index (κ1) is 29.7. The summed E-state index contributed by atoms with van der Waals surface area (Å²) in [6.07, 6.45) is -4.35. The average Bonchev–Trinajstić information content (AvgIpc) is 3.11. The fourth-order valence-electron chi connectivity index (χ4n) is 7.24. The summed E-state index contributed by atoms with van der Waals surface area (Å²) in [5.41, 5.74) is -3.34. The van der Waals surface area contributed by atoms with Crippen LogP contribution in [0.15, 0.2) is 53.6 Å². The number of allylic oxidation sites excluding steroid dienone is 1. The Balaban J connectivity index is 2.09. The Morgan fingerprint density at radius 3 is 2.15 bits per heavy atom. The molecule has 0 heterocycles. The van der Waals surface area contributed by atoms with E-state index in [0.717, 1.165) is 0 Å². The highest BCUT2D eigenvalue weighted by molar-refractivity contribution is 6.00. The van der Waals surface area contributed by atoms with Gasteiger partial charge in [0, 0.05) is 31.6 Å². The normalized spacial score (nSPS) is 34.0. The van der Waals surface area contributed by atoms with Gasteiger partial charge in [0.15, 0.2) is 11.9 Å². The first-order valence-electron chi connectivity index (χ1n) is 13.5. The Bertz CT molecular complexity index is 1270. The van der Waals surface area contributed by atoms with E-state index in [1.54, 1.807) is 37.3 Å². The first-order chi connectivity index (χ1) is 18.6. The van der Waals surface area contributed by atoms with Gasteiger partial charge in [-0.15, -0.1) is 0 Å². The standard InChI is InChI=1S/C31H38O9/c1-16-21(34)13-14-30(7)24(16)26(38-18(3)32)31(29(5,6)37)15-22(35)17(2)23(31)25(27(30)39-19(4)33)40-28(36)20-11-9-8-10-12-20/h8-12,21,24-27,34,37H,1,13-15H2,2-7H3. The van der Waals surface area contributed by atoms with Gasteiger partial charge in [0.1, 0.15) is 12.2 Å². The number of carbonyl (C=O) groups excluding carboxylic acids is 4. The molecule has 7 unspecified atom stereocenters. The first-order valence-corrected chi connectivity index (χ1v) is 13.5. The van der Waals surface area contributed by atoms with Crippen LogP contribution in [0.3, 0.4) is 0 Å². The number of hydrogen-bond acceptors (Lipinski definition) is 9. The summed E-state index contributed by atoms with van der Waals surface area (Å²) in [4.78, 5) is 52.3. The molecule has 2 saturated carbocycles. The van der Waals surface area contributed by atoms with E-state index in [2.05, 4.69) is 6.58 Å². The number of aliphatic hydroxyl groups excluding tert-OH is 1. The van der Waals surface area contributed by atoms with Crippen molar-refractivity contribution in [3.8, 4) is 0 Å². The number of hydrogen-bond donors (Lipinski definition) is 2. The van der Waals surface area contributed by atoms with Crippen molar-refractivity contribution < 1.29 is 43.6 Å². The minimum absolute atomic E-state index is 0.232. The zero-order valence-corrected chi connectivity index (χ0v) is 23.9. The second kappa shape index (κ2) is 10.3. The molecule has 0 saturated heterocycles. The molecule has 0 aromatic heterocycles. The fraction of sp³-hybridized carbons (Fsp3) is 0.548. The molecule has 2 N–H and O–H groups in total.